The maximum Gasteiger partial charge on any atom is 2.00 e. The van der Waals surface area contributed by atoms with Gasteiger partial charge in [-0.25, -0.2) is 11.6 Å². The van der Waals surface area contributed by atoms with E-state index in [2.05, 4.69) is 30.1 Å². The summed E-state index contributed by atoms with van der Waals surface area (Å²) in [6.45, 7) is 6.05. The molecule has 1 nitrogen and oxygen atoms in total. The van der Waals surface area contributed by atoms with Crippen molar-refractivity contribution in [2.45, 2.75) is 27.2 Å². The summed E-state index contributed by atoms with van der Waals surface area (Å²) in [5.41, 5.74) is 3.49. The van der Waals surface area contributed by atoms with Gasteiger partial charge in [0, 0.05) is 0 Å². The van der Waals surface area contributed by atoms with Gasteiger partial charge in [-0.1, -0.05) is 26.5 Å². The summed E-state index contributed by atoms with van der Waals surface area (Å²) in [6.07, 6.45) is 8.33. The molecular formula is C12H15NRu. The molecule has 2 rings (SSSR count). The van der Waals surface area contributed by atoms with Crippen LogP contribution in [0.1, 0.15) is 24.7 Å². The van der Waals surface area contributed by atoms with Crippen LogP contribution in [0.2, 0.25) is 0 Å². The Bertz CT molecular complexity index is 302. The summed E-state index contributed by atoms with van der Waals surface area (Å²) in [6, 6.07) is 4.02. The molecule has 1 aliphatic carbocycles. The van der Waals surface area contributed by atoms with Gasteiger partial charge in [0.1, 0.15) is 0 Å². The Morgan fingerprint density at radius 1 is 1.43 bits per heavy atom. The quantitative estimate of drug-likeness (QED) is 0.523. The Hall–Kier alpha value is -0.617. The molecule has 76 valence electrons. The summed E-state index contributed by atoms with van der Waals surface area (Å²) in [7, 11) is 0. The van der Waals surface area contributed by atoms with Gasteiger partial charge in [-0.3, -0.25) is 6.08 Å². The van der Waals surface area contributed by atoms with Crippen LogP contribution >= 0.6 is 0 Å². The van der Waals surface area contributed by atoms with E-state index in [-0.39, 0.29) is 19.5 Å². The Balaban J connectivity index is 0.000000227. The molecule has 2 heteroatoms. The maximum absolute atomic E-state index is 4.11. The van der Waals surface area contributed by atoms with E-state index in [4.69, 9.17) is 0 Å². The van der Waals surface area contributed by atoms with Crippen molar-refractivity contribution in [3.63, 3.8) is 0 Å². The second-order valence-corrected chi connectivity index (χ2v) is 3.19. The standard InChI is InChI=1S/C6H8N.C6H7.Ru/c1-5-3-4-6(2)7-5;1-6-4-2-3-5-6;/h3-4H,1-2H3;2,4H,3H2,1H3;/q2*-1;+2. The Labute approximate surface area is 99.1 Å². The fraction of sp³-hybridized carbons (Fsp3) is 0.333. The van der Waals surface area contributed by atoms with Crippen LogP contribution in [0, 0.1) is 19.9 Å². The van der Waals surface area contributed by atoms with Crippen LogP contribution in [-0.2, 0) is 19.5 Å². The van der Waals surface area contributed by atoms with Crippen molar-refractivity contribution < 1.29 is 19.5 Å². The number of aryl methyl sites for hydroxylation is 2. The van der Waals surface area contributed by atoms with Crippen LogP contribution in [0.25, 0.3) is 0 Å². The third kappa shape index (κ3) is 5.19. The number of hydrogen-bond donors (Lipinski definition) is 0. The predicted octanol–water partition coefficient (Wildman–Crippen LogP) is 3.11. The average molecular weight is 274 g/mol. The second-order valence-electron chi connectivity index (χ2n) is 3.19. The number of aromatic nitrogens is 1. The summed E-state index contributed by atoms with van der Waals surface area (Å²) in [4.78, 5) is 4.11. The van der Waals surface area contributed by atoms with E-state index in [0.29, 0.717) is 0 Å². The Kier molecular flexibility index (Phi) is 6.48. The molecule has 0 fully saturated rings. The molecule has 1 heterocycles. The average Bonchev–Trinajstić information content (AvgIpc) is 2.64. The molecule has 0 aromatic carbocycles. The van der Waals surface area contributed by atoms with Crippen molar-refractivity contribution in [1.82, 2.24) is 4.98 Å². The molecule has 0 saturated heterocycles. The number of allylic oxidation sites excluding steroid dienone is 4. The normalized spacial score (nSPS) is 12.6. The van der Waals surface area contributed by atoms with Crippen molar-refractivity contribution in [1.29, 1.82) is 0 Å². The molecule has 0 aliphatic heterocycles. The van der Waals surface area contributed by atoms with Gasteiger partial charge in [-0.2, -0.15) is 18.2 Å². The predicted molar refractivity (Wildman–Crippen MR) is 55.5 cm³/mol. The van der Waals surface area contributed by atoms with E-state index < -0.39 is 0 Å². The van der Waals surface area contributed by atoms with Crippen LogP contribution in [0.15, 0.2) is 29.9 Å². The third-order valence-corrected chi connectivity index (χ3v) is 1.79. The summed E-state index contributed by atoms with van der Waals surface area (Å²) in [5.74, 6) is 0. The van der Waals surface area contributed by atoms with Gasteiger partial charge in [0.15, 0.2) is 0 Å². The minimum absolute atomic E-state index is 0. The molecule has 1 aliphatic rings. The molecule has 0 spiro atoms. The Morgan fingerprint density at radius 2 is 2.14 bits per heavy atom. The van der Waals surface area contributed by atoms with Crippen molar-refractivity contribution in [3.05, 3.63) is 47.3 Å². The summed E-state index contributed by atoms with van der Waals surface area (Å²) in [5, 5.41) is 0. The Morgan fingerprint density at radius 3 is 2.29 bits per heavy atom. The minimum atomic E-state index is 0. The second kappa shape index (κ2) is 6.78. The number of nitrogens with zero attached hydrogens (tertiary/aromatic N) is 1. The third-order valence-electron chi connectivity index (χ3n) is 1.79. The van der Waals surface area contributed by atoms with Gasteiger partial charge in [-0.05, 0) is 0 Å². The van der Waals surface area contributed by atoms with Gasteiger partial charge < -0.3 is 4.98 Å². The molecular weight excluding hydrogens is 259 g/mol. The fourth-order valence-electron chi connectivity index (χ4n) is 1.11. The zero-order valence-electron chi connectivity index (χ0n) is 8.82. The fourth-order valence-corrected chi connectivity index (χ4v) is 1.11. The van der Waals surface area contributed by atoms with E-state index in [1.165, 1.54) is 5.57 Å². The molecule has 14 heavy (non-hydrogen) atoms. The van der Waals surface area contributed by atoms with Crippen molar-refractivity contribution in [2.24, 2.45) is 0 Å². The summed E-state index contributed by atoms with van der Waals surface area (Å²) < 4.78 is 0. The summed E-state index contributed by atoms with van der Waals surface area (Å²) >= 11 is 0. The van der Waals surface area contributed by atoms with E-state index in [0.717, 1.165) is 17.8 Å². The molecule has 0 saturated carbocycles. The number of rotatable bonds is 0. The first-order valence-electron chi connectivity index (χ1n) is 4.49. The van der Waals surface area contributed by atoms with Crippen LogP contribution in [0.3, 0.4) is 0 Å². The van der Waals surface area contributed by atoms with Gasteiger partial charge in [0.2, 0.25) is 0 Å². The van der Waals surface area contributed by atoms with Crippen molar-refractivity contribution in [3.8, 4) is 0 Å². The molecule has 1 aromatic rings. The van der Waals surface area contributed by atoms with Gasteiger partial charge >= 0.3 is 19.5 Å². The van der Waals surface area contributed by atoms with Crippen molar-refractivity contribution in [2.75, 3.05) is 0 Å². The molecule has 0 amide bonds. The van der Waals surface area contributed by atoms with Crippen LogP contribution < -0.4 is 0 Å². The first-order valence-corrected chi connectivity index (χ1v) is 4.49. The van der Waals surface area contributed by atoms with Crippen LogP contribution in [0.4, 0.5) is 0 Å². The van der Waals surface area contributed by atoms with E-state index in [1.807, 2.05) is 26.0 Å². The molecule has 0 radical (unpaired) electrons. The minimum Gasteiger partial charge on any atom is -0.397 e. The first-order chi connectivity index (χ1) is 6.18. The van der Waals surface area contributed by atoms with Gasteiger partial charge in [-0.15, -0.1) is 12.1 Å². The molecule has 0 N–H and O–H groups in total. The smallest absolute Gasteiger partial charge is 0.397 e. The molecule has 0 unspecified atom stereocenters. The van der Waals surface area contributed by atoms with Crippen LogP contribution in [-0.4, -0.2) is 4.98 Å². The molecule has 0 atom stereocenters. The number of hydrogen-bond acceptors (Lipinski definition) is 1. The van der Waals surface area contributed by atoms with Gasteiger partial charge in [0.05, 0.1) is 0 Å². The van der Waals surface area contributed by atoms with E-state index in [1.54, 1.807) is 0 Å². The SMILES string of the molecule is CC1=[C-]CC=C1.Cc1cc[c-](C)n1.[Ru+2]. The first kappa shape index (κ1) is 13.4. The monoisotopic (exact) mass is 275 g/mol. The zero-order chi connectivity index (χ0) is 9.68. The largest absolute Gasteiger partial charge is 2.00 e. The maximum atomic E-state index is 4.11. The molecule has 0 bridgehead atoms. The zero-order valence-corrected chi connectivity index (χ0v) is 10.6. The molecule has 1 aromatic heterocycles. The van der Waals surface area contributed by atoms with Gasteiger partial charge in [0.25, 0.3) is 0 Å². The van der Waals surface area contributed by atoms with E-state index >= 15 is 0 Å². The van der Waals surface area contributed by atoms with Crippen LogP contribution in [0.5, 0.6) is 0 Å². The van der Waals surface area contributed by atoms with E-state index in [9.17, 15) is 0 Å². The topological polar surface area (TPSA) is 12.9 Å². The van der Waals surface area contributed by atoms with Crippen molar-refractivity contribution >= 4 is 0 Å².